The van der Waals surface area contributed by atoms with Crippen molar-refractivity contribution < 1.29 is 14.3 Å². The van der Waals surface area contributed by atoms with E-state index < -0.39 is 5.60 Å². The first kappa shape index (κ1) is 18.4. The lowest BCUT2D eigenvalue weighted by Gasteiger charge is -2.19. The molecule has 4 nitrogen and oxygen atoms in total. The molecule has 26 heavy (non-hydrogen) atoms. The second kappa shape index (κ2) is 7.08. The summed E-state index contributed by atoms with van der Waals surface area (Å²) < 4.78 is 12.4. The van der Waals surface area contributed by atoms with Crippen molar-refractivity contribution in [3.63, 3.8) is 0 Å². The van der Waals surface area contributed by atoms with E-state index in [1.54, 1.807) is 24.5 Å². The number of fused-ring (bicyclic) bond motifs is 2. The van der Waals surface area contributed by atoms with Crippen LogP contribution in [0.25, 0.3) is 20.2 Å². The Labute approximate surface area is 156 Å². The Morgan fingerprint density at radius 3 is 2.35 bits per heavy atom. The van der Waals surface area contributed by atoms with E-state index in [-0.39, 0.29) is 11.4 Å². The number of benzene rings is 2. The number of rotatable bonds is 4. The molecule has 5 heteroatoms. The minimum Gasteiger partial charge on any atom is -0.497 e. The van der Waals surface area contributed by atoms with Crippen LogP contribution in [0.3, 0.4) is 0 Å². The zero-order chi connectivity index (χ0) is 18.9. The average molecular weight is 370 g/mol. The summed E-state index contributed by atoms with van der Waals surface area (Å²) >= 11 is 1.56. The molecule has 0 unspecified atom stereocenters. The number of hydrogen-bond donors (Lipinski definition) is 0. The Bertz CT molecular complexity index is 1030. The Morgan fingerprint density at radius 2 is 1.69 bits per heavy atom. The summed E-state index contributed by atoms with van der Waals surface area (Å²) in [6.45, 7) is 5.58. The van der Waals surface area contributed by atoms with Gasteiger partial charge in [0.25, 0.3) is 0 Å². The Morgan fingerprint density at radius 1 is 1.04 bits per heavy atom. The molecule has 0 aliphatic rings. The highest BCUT2D eigenvalue weighted by Gasteiger charge is 2.16. The molecule has 3 rings (SSSR count). The molecule has 2 aromatic carbocycles. The van der Waals surface area contributed by atoms with Crippen LogP contribution in [0.2, 0.25) is 0 Å². The van der Waals surface area contributed by atoms with E-state index in [9.17, 15) is 9.59 Å². The lowest BCUT2D eigenvalue weighted by Crippen LogP contribution is -2.24. The van der Waals surface area contributed by atoms with Crippen LogP contribution in [0.5, 0.6) is 5.75 Å². The van der Waals surface area contributed by atoms with E-state index >= 15 is 0 Å². The smallest absolute Gasteiger partial charge is 0.306 e. The molecule has 0 amide bonds. The maximum Gasteiger partial charge on any atom is 0.306 e. The summed E-state index contributed by atoms with van der Waals surface area (Å²) in [4.78, 5) is 24.6. The molecule has 0 spiro atoms. The fourth-order valence-electron chi connectivity index (χ4n) is 2.80. The van der Waals surface area contributed by atoms with Gasteiger partial charge in [-0.05, 0) is 63.1 Å². The van der Waals surface area contributed by atoms with E-state index in [0.717, 1.165) is 20.7 Å². The molecular weight excluding hydrogens is 348 g/mol. The van der Waals surface area contributed by atoms with Gasteiger partial charge in [0.05, 0.1) is 7.11 Å². The molecule has 1 heterocycles. The largest absolute Gasteiger partial charge is 0.497 e. The Kier molecular flexibility index (Phi) is 5.01. The molecule has 1 aromatic heterocycles. The lowest BCUT2D eigenvalue weighted by atomic mass is 10.1. The van der Waals surface area contributed by atoms with Crippen molar-refractivity contribution in [2.24, 2.45) is 0 Å². The molecule has 0 saturated heterocycles. The lowest BCUT2D eigenvalue weighted by molar-refractivity contribution is -0.154. The van der Waals surface area contributed by atoms with E-state index in [1.807, 2.05) is 51.1 Å². The monoisotopic (exact) mass is 370 g/mol. The fourth-order valence-corrected chi connectivity index (χ4v) is 3.96. The Balaban J connectivity index is 1.91. The van der Waals surface area contributed by atoms with Crippen molar-refractivity contribution in [3.8, 4) is 5.75 Å². The third-order valence-electron chi connectivity index (χ3n) is 3.98. The number of aryl methyl sites for hydroxylation is 1. The maximum absolute atomic E-state index is 12.7. The van der Waals surface area contributed by atoms with Crippen molar-refractivity contribution in [2.45, 2.75) is 39.2 Å². The van der Waals surface area contributed by atoms with Gasteiger partial charge in [0, 0.05) is 26.6 Å². The standard InChI is InChI=1S/C21H22O4S/c1-21(2,3)25-19(22)10-6-13-5-8-15-17(11-13)26-18-12-14(24-4)7-9-16(18)20(15)23/h5,7-9,11-12H,6,10H2,1-4H3. The van der Waals surface area contributed by atoms with Gasteiger partial charge in [0.2, 0.25) is 0 Å². The van der Waals surface area contributed by atoms with Gasteiger partial charge in [-0.25, -0.2) is 0 Å². The first-order valence-electron chi connectivity index (χ1n) is 8.52. The maximum atomic E-state index is 12.7. The van der Waals surface area contributed by atoms with Crippen molar-refractivity contribution in [1.29, 1.82) is 0 Å². The number of hydrogen-bond acceptors (Lipinski definition) is 5. The second-order valence-electron chi connectivity index (χ2n) is 7.21. The van der Waals surface area contributed by atoms with Crippen LogP contribution in [0.15, 0.2) is 41.2 Å². The molecule has 3 aromatic rings. The van der Waals surface area contributed by atoms with Gasteiger partial charge in [-0.2, -0.15) is 0 Å². The van der Waals surface area contributed by atoms with E-state index in [1.165, 1.54) is 0 Å². The van der Waals surface area contributed by atoms with Crippen LogP contribution >= 0.6 is 11.3 Å². The minimum atomic E-state index is -0.474. The van der Waals surface area contributed by atoms with E-state index in [2.05, 4.69) is 0 Å². The van der Waals surface area contributed by atoms with Gasteiger partial charge in [0.1, 0.15) is 11.4 Å². The van der Waals surface area contributed by atoms with Crippen LogP contribution in [0.4, 0.5) is 0 Å². The third-order valence-corrected chi connectivity index (χ3v) is 5.10. The molecule has 0 atom stereocenters. The van der Waals surface area contributed by atoms with Gasteiger partial charge in [-0.1, -0.05) is 6.07 Å². The van der Waals surface area contributed by atoms with E-state index in [4.69, 9.17) is 9.47 Å². The quantitative estimate of drug-likeness (QED) is 0.493. The summed E-state index contributed by atoms with van der Waals surface area (Å²) in [5.41, 5.74) is 0.564. The first-order valence-corrected chi connectivity index (χ1v) is 9.34. The molecule has 0 aliphatic carbocycles. The van der Waals surface area contributed by atoms with Crippen LogP contribution < -0.4 is 10.2 Å². The van der Waals surface area contributed by atoms with Crippen molar-refractivity contribution in [1.82, 2.24) is 0 Å². The highest BCUT2D eigenvalue weighted by molar-refractivity contribution is 7.24. The third kappa shape index (κ3) is 4.05. The first-order chi connectivity index (χ1) is 12.3. The SMILES string of the molecule is COc1ccc2c(=O)c3ccc(CCC(=O)OC(C)(C)C)cc3sc2c1. The van der Waals surface area contributed by atoms with Gasteiger partial charge in [0.15, 0.2) is 5.43 Å². The molecule has 0 fully saturated rings. The predicted molar refractivity (Wildman–Crippen MR) is 106 cm³/mol. The number of ether oxygens (including phenoxy) is 2. The highest BCUT2D eigenvalue weighted by atomic mass is 32.1. The summed E-state index contributed by atoms with van der Waals surface area (Å²) in [7, 11) is 1.61. The molecule has 0 aliphatic heterocycles. The van der Waals surface area contributed by atoms with E-state index in [0.29, 0.717) is 23.6 Å². The number of methoxy groups -OCH3 is 1. The molecule has 0 radical (unpaired) electrons. The summed E-state index contributed by atoms with van der Waals surface area (Å²) in [5, 5.41) is 1.40. The van der Waals surface area contributed by atoms with Crippen LogP contribution in [0.1, 0.15) is 32.8 Å². The topological polar surface area (TPSA) is 52.6 Å². The van der Waals surface area contributed by atoms with Crippen LogP contribution in [-0.4, -0.2) is 18.7 Å². The van der Waals surface area contributed by atoms with Gasteiger partial charge >= 0.3 is 5.97 Å². The molecule has 0 bridgehead atoms. The average Bonchev–Trinajstić information content (AvgIpc) is 2.58. The zero-order valence-corrected chi connectivity index (χ0v) is 16.2. The van der Waals surface area contributed by atoms with Gasteiger partial charge < -0.3 is 9.47 Å². The van der Waals surface area contributed by atoms with Crippen molar-refractivity contribution in [2.75, 3.05) is 7.11 Å². The molecule has 136 valence electrons. The number of carbonyl (C=O) groups is 1. The minimum absolute atomic E-state index is 0.0232. The molecule has 0 N–H and O–H groups in total. The van der Waals surface area contributed by atoms with Crippen molar-refractivity contribution >= 4 is 37.5 Å². The summed E-state index contributed by atoms with van der Waals surface area (Å²) in [5.74, 6) is 0.516. The normalized spacial score (nSPS) is 11.7. The van der Waals surface area contributed by atoms with Crippen LogP contribution in [0, 0.1) is 0 Å². The molecule has 0 saturated carbocycles. The summed E-state index contributed by atoms with van der Waals surface area (Å²) in [6, 6.07) is 11.2. The van der Waals surface area contributed by atoms with Crippen molar-refractivity contribution in [3.05, 3.63) is 52.2 Å². The number of carbonyl (C=O) groups excluding carboxylic acids is 1. The Hall–Kier alpha value is -2.40. The predicted octanol–water partition coefficient (Wildman–Crippen LogP) is 4.70. The summed E-state index contributed by atoms with van der Waals surface area (Å²) in [6.07, 6.45) is 0.904. The highest BCUT2D eigenvalue weighted by Crippen LogP contribution is 2.28. The molecular formula is C21H22O4S. The van der Waals surface area contributed by atoms with Gasteiger partial charge in [-0.15, -0.1) is 11.3 Å². The fraction of sp³-hybridized carbons (Fsp3) is 0.333. The number of esters is 1. The second-order valence-corrected chi connectivity index (χ2v) is 8.29. The zero-order valence-electron chi connectivity index (χ0n) is 15.4. The van der Waals surface area contributed by atoms with Crippen LogP contribution in [-0.2, 0) is 16.0 Å². The van der Waals surface area contributed by atoms with Gasteiger partial charge in [-0.3, -0.25) is 9.59 Å².